The van der Waals surface area contributed by atoms with E-state index in [2.05, 4.69) is 28.1 Å². The molecule has 0 unspecified atom stereocenters. The summed E-state index contributed by atoms with van der Waals surface area (Å²) >= 11 is 0. The molecule has 0 aliphatic carbocycles. The number of benzene rings is 1. The minimum absolute atomic E-state index is 0.223. The maximum Gasteiger partial charge on any atom is 0.306 e. The molecule has 0 radical (unpaired) electrons. The molecular formula is C20H19N3O2. The van der Waals surface area contributed by atoms with Gasteiger partial charge in [0.1, 0.15) is 5.82 Å². The number of carboxylic acids is 1. The van der Waals surface area contributed by atoms with Gasteiger partial charge in [-0.15, -0.1) is 0 Å². The Balaban J connectivity index is 1.58. The quantitative estimate of drug-likeness (QED) is 0.793. The molecule has 0 atom stereocenters. The van der Waals surface area contributed by atoms with E-state index in [-0.39, 0.29) is 5.92 Å². The Hall–Kier alpha value is -2.95. The maximum absolute atomic E-state index is 11.1. The van der Waals surface area contributed by atoms with E-state index >= 15 is 0 Å². The standard InChI is InChI=1S/C20H19N3O2/c24-20(25)14-7-10-23(11-8-14)19-6-4-16-12-15(3-5-18(16)22-19)17-2-1-9-21-13-17/h1-6,9,12-14H,7-8,10-11H2,(H,24,25). The van der Waals surface area contributed by atoms with Gasteiger partial charge < -0.3 is 10.0 Å². The van der Waals surface area contributed by atoms with E-state index < -0.39 is 5.97 Å². The molecule has 5 nitrogen and oxygen atoms in total. The lowest BCUT2D eigenvalue weighted by Gasteiger charge is -2.31. The summed E-state index contributed by atoms with van der Waals surface area (Å²) in [5.74, 6) is 0.0123. The van der Waals surface area contributed by atoms with E-state index in [4.69, 9.17) is 10.1 Å². The normalized spacial score (nSPS) is 15.4. The fraction of sp³-hybridized carbons (Fsp3) is 0.250. The predicted molar refractivity (Wildman–Crippen MR) is 97.5 cm³/mol. The number of pyridine rings is 2. The first-order chi connectivity index (χ1) is 12.2. The third-order valence-corrected chi connectivity index (χ3v) is 4.84. The molecule has 25 heavy (non-hydrogen) atoms. The van der Waals surface area contributed by atoms with Crippen LogP contribution in [0, 0.1) is 5.92 Å². The smallest absolute Gasteiger partial charge is 0.306 e. The van der Waals surface area contributed by atoms with Crippen molar-refractivity contribution in [1.82, 2.24) is 9.97 Å². The van der Waals surface area contributed by atoms with E-state index in [9.17, 15) is 4.79 Å². The van der Waals surface area contributed by atoms with Gasteiger partial charge in [-0.2, -0.15) is 0 Å². The highest BCUT2D eigenvalue weighted by Gasteiger charge is 2.25. The highest BCUT2D eigenvalue weighted by atomic mass is 16.4. The number of fused-ring (bicyclic) bond motifs is 1. The molecule has 0 bridgehead atoms. The van der Waals surface area contributed by atoms with Crippen LogP contribution in [0.2, 0.25) is 0 Å². The third-order valence-electron chi connectivity index (χ3n) is 4.84. The summed E-state index contributed by atoms with van der Waals surface area (Å²) in [6, 6.07) is 14.3. The fourth-order valence-electron chi connectivity index (χ4n) is 3.36. The van der Waals surface area contributed by atoms with Crippen molar-refractivity contribution in [3.63, 3.8) is 0 Å². The first-order valence-corrected chi connectivity index (χ1v) is 8.50. The van der Waals surface area contributed by atoms with Crippen molar-refractivity contribution in [2.24, 2.45) is 5.92 Å². The molecule has 5 heteroatoms. The molecule has 1 aromatic carbocycles. The number of carboxylic acid groups (broad SMARTS) is 1. The van der Waals surface area contributed by atoms with Gasteiger partial charge >= 0.3 is 5.97 Å². The van der Waals surface area contributed by atoms with Gasteiger partial charge in [-0.25, -0.2) is 4.98 Å². The van der Waals surface area contributed by atoms with Crippen LogP contribution < -0.4 is 4.90 Å². The number of piperidine rings is 1. The van der Waals surface area contributed by atoms with Crippen LogP contribution in [-0.4, -0.2) is 34.1 Å². The number of hydrogen-bond acceptors (Lipinski definition) is 4. The molecular weight excluding hydrogens is 314 g/mol. The van der Waals surface area contributed by atoms with Gasteiger partial charge in [-0.3, -0.25) is 9.78 Å². The lowest BCUT2D eigenvalue weighted by molar-refractivity contribution is -0.142. The van der Waals surface area contributed by atoms with Gasteiger partial charge in [0.2, 0.25) is 0 Å². The molecule has 3 heterocycles. The van der Waals surface area contributed by atoms with Crippen LogP contribution in [0.25, 0.3) is 22.0 Å². The van der Waals surface area contributed by atoms with Gasteiger partial charge in [0.15, 0.2) is 0 Å². The molecule has 3 aromatic rings. The van der Waals surface area contributed by atoms with Crippen LogP contribution in [0.4, 0.5) is 5.82 Å². The van der Waals surface area contributed by atoms with Crippen molar-refractivity contribution in [2.45, 2.75) is 12.8 Å². The Labute approximate surface area is 146 Å². The molecule has 1 fully saturated rings. The molecule has 2 aromatic heterocycles. The van der Waals surface area contributed by atoms with Crippen LogP contribution >= 0.6 is 0 Å². The van der Waals surface area contributed by atoms with E-state index in [1.165, 1.54) is 0 Å². The van der Waals surface area contributed by atoms with Crippen molar-refractivity contribution < 1.29 is 9.90 Å². The summed E-state index contributed by atoms with van der Waals surface area (Å²) in [7, 11) is 0. The average Bonchev–Trinajstić information content (AvgIpc) is 2.68. The van der Waals surface area contributed by atoms with Gasteiger partial charge in [-0.1, -0.05) is 12.1 Å². The average molecular weight is 333 g/mol. The van der Waals surface area contributed by atoms with Gasteiger partial charge in [0.05, 0.1) is 11.4 Å². The number of hydrogen-bond donors (Lipinski definition) is 1. The second-order valence-corrected chi connectivity index (χ2v) is 6.42. The topological polar surface area (TPSA) is 66.3 Å². The summed E-state index contributed by atoms with van der Waals surface area (Å²) < 4.78 is 0. The Bertz CT molecular complexity index is 903. The number of rotatable bonds is 3. The van der Waals surface area contributed by atoms with Crippen LogP contribution in [0.5, 0.6) is 0 Å². The lowest BCUT2D eigenvalue weighted by atomic mass is 9.97. The minimum Gasteiger partial charge on any atom is -0.481 e. The van der Waals surface area contributed by atoms with Crippen molar-refractivity contribution >= 4 is 22.7 Å². The molecule has 0 saturated carbocycles. The van der Waals surface area contributed by atoms with E-state index in [1.807, 2.05) is 30.5 Å². The van der Waals surface area contributed by atoms with Gasteiger partial charge in [0.25, 0.3) is 0 Å². The van der Waals surface area contributed by atoms with Crippen LogP contribution in [0.15, 0.2) is 54.9 Å². The van der Waals surface area contributed by atoms with Crippen molar-refractivity contribution in [2.75, 3.05) is 18.0 Å². The second-order valence-electron chi connectivity index (χ2n) is 6.42. The van der Waals surface area contributed by atoms with E-state index in [1.54, 1.807) is 6.20 Å². The molecule has 1 aliphatic rings. The SMILES string of the molecule is O=C(O)C1CCN(c2ccc3cc(-c4cccnc4)ccc3n2)CC1. The first-order valence-electron chi connectivity index (χ1n) is 8.50. The maximum atomic E-state index is 11.1. The highest BCUT2D eigenvalue weighted by Crippen LogP contribution is 2.27. The summed E-state index contributed by atoms with van der Waals surface area (Å²) in [6.45, 7) is 1.48. The molecule has 0 amide bonds. The molecule has 4 rings (SSSR count). The Kier molecular flexibility index (Phi) is 4.06. The van der Waals surface area contributed by atoms with Crippen LogP contribution in [0.1, 0.15) is 12.8 Å². The molecule has 1 saturated heterocycles. The largest absolute Gasteiger partial charge is 0.481 e. The third kappa shape index (κ3) is 3.18. The Morgan fingerprint density at radius 2 is 1.92 bits per heavy atom. The molecule has 1 N–H and O–H groups in total. The number of nitrogens with zero attached hydrogens (tertiary/aromatic N) is 3. The first kappa shape index (κ1) is 15.6. The summed E-state index contributed by atoms with van der Waals surface area (Å²) in [5, 5.41) is 10.2. The Morgan fingerprint density at radius 3 is 2.64 bits per heavy atom. The van der Waals surface area contributed by atoms with Crippen LogP contribution in [0.3, 0.4) is 0 Å². The number of anilines is 1. The molecule has 1 aliphatic heterocycles. The number of aliphatic carboxylic acids is 1. The summed E-state index contributed by atoms with van der Waals surface area (Å²) in [4.78, 5) is 22.2. The molecule has 126 valence electrons. The zero-order valence-corrected chi connectivity index (χ0v) is 13.8. The fourth-order valence-corrected chi connectivity index (χ4v) is 3.36. The van der Waals surface area contributed by atoms with Crippen molar-refractivity contribution in [3.05, 3.63) is 54.9 Å². The van der Waals surface area contributed by atoms with Gasteiger partial charge in [0, 0.05) is 36.4 Å². The number of carbonyl (C=O) groups is 1. The number of aromatic nitrogens is 2. The van der Waals surface area contributed by atoms with E-state index in [0.717, 1.165) is 40.9 Å². The van der Waals surface area contributed by atoms with Gasteiger partial charge in [-0.05, 0) is 48.7 Å². The Morgan fingerprint density at radius 1 is 1.08 bits per heavy atom. The monoisotopic (exact) mass is 333 g/mol. The van der Waals surface area contributed by atoms with Crippen molar-refractivity contribution in [1.29, 1.82) is 0 Å². The second kappa shape index (κ2) is 6.51. The molecule has 0 spiro atoms. The van der Waals surface area contributed by atoms with Crippen molar-refractivity contribution in [3.8, 4) is 11.1 Å². The zero-order chi connectivity index (χ0) is 17.2. The summed E-state index contributed by atoms with van der Waals surface area (Å²) in [6.07, 6.45) is 4.98. The predicted octanol–water partition coefficient (Wildman–Crippen LogP) is 3.60. The van der Waals surface area contributed by atoms with Crippen LogP contribution in [-0.2, 0) is 4.79 Å². The lowest BCUT2D eigenvalue weighted by Crippen LogP contribution is -2.36. The highest BCUT2D eigenvalue weighted by molar-refractivity contribution is 5.85. The minimum atomic E-state index is -0.686. The summed E-state index contributed by atoms with van der Waals surface area (Å²) in [5.41, 5.74) is 3.16. The van der Waals surface area contributed by atoms with E-state index in [0.29, 0.717) is 12.8 Å². The zero-order valence-electron chi connectivity index (χ0n) is 13.8.